The summed E-state index contributed by atoms with van der Waals surface area (Å²) in [5.41, 5.74) is -33.1. The van der Waals surface area contributed by atoms with Gasteiger partial charge >= 0.3 is 20.4 Å². The predicted molar refractivity (Wildman–Crippen MR) is 291 cm³/mol. The monoisotopic (exact) mass is 1550 g/mol. The number of aromatic amines is 2. The van der Waals surface area contributed by atoms with Crippen LogP contribution in [-0.4, -0.2) is 25.8 Å². The van der Waals surface area contributed by atoms with Gasteiger partial charge in [0.25, 0.3) is 0 Å². The van der Waals surface area contributed by atoms with Crippen molar-refractivity contribution < 1.29 is 148 Å². The quantitative estimate of drug-likeness (QED) is 0.0582. The molecule has 3 aliphatic rings. The third kappa shape index (κ3) is 9.63. The summed E-state index contributed by atoms with van der Waals surface area (Å²) >= 11 is 0. The topological polar surface area (TPSA) is 74.8 Å². The van der Waals surface area contributed by atoms with Crippen LogP contribution in [-0.2, 0) is 20.4 Å². The van der Waals surface area contributed by atoms with Gasteiger partial charge in [-0.15, -0.1) is 17.5 Å². The Balaban J connectivity index is 0.00000928. The third-order valence-electron chi connectivity index (χ3n) is 16.2. The largest absolute Gasteiger partial charge is 2.00 e. The zero-order valence-electron chi connectivity index (χ0n) is 47.9. The van der Waals surface area contributed by atoms with Crippen LogP contribution in [0, 0.1) is 175 Å². The minimum atomic E-state index is -2.93. The van der Waals surface area contributed by atoms with E-state index in [1.165, 1.54) is 0 Å². The molecule has 6 nitrogen and oxygen atoms in total. The fraction of sp³-hybridized carbons (Fsp3) is 0. The van der Waals surface area contributed by atoms with E-state index in [2.05, 4.69) is 31.0 Å². The number of aromatic nitrogens is 4. The molecule has 36 heteroatoms. The molecule has 520 valence electrons. The molecular weight excluding hydrogens is 1530 g/mol. The van der Waals surface area contributed by atoms with Crippen LogP contribution >= 0.6 is 0 Å². The van der Waals surface area contributed by atoms with Gasteiger partial charge < -0.3 is 19.4 Å². The van der Waals surface area contributed by atoms with Crippen molar-refractivity contribution in [2.45, 2.75) is 0 Å². The van der Waals surface area contributed by atoms with Crippen molar-refractivity contribution in [3.63, 3.8) is 0 Å². The van der Waals surface area contributed by atoms with Gasteiger partial charge in [-0.25, -0.2) is 132 Å². The van der Waals surface area contributed by atoms with Gasteiger partial charge in [0, 0.05) is 38.9 Å². The molecule has 0 atom stereocenters. The molecule has 14 rings (SSSR count). The minimum Gasteiger partial charge on any atom is -0.657 e. The van der Waals surface area contributed by atoms with Crippen molar-refractivity contribution in [3.8, 4) is 0 Å². The average Bonchev–Trinajstić information content (AvgIpc) is 1.47. The molecule has 0 unspecified atom stereocenters. The van der Waals surface area contributed by atoms with Crippen LogP contribution in [0.1, 0.15) is 56.2 Å². The van der Waals surface area contributed by atoms with E-state index in [9.17, 15) is 22.0 Å². The maximum atomic E-state index is 16.9. The molecule has 0 radical (unpaired) electrons. The smallest absolute Gasteiger partial charge is 0.657 e. The molecular formula is C66H13F29N6Pd. The molecule has 5 aromatic heterocycles. The first-order valence-electron chi connectivity index (χ1n) is 27.4. The first kappa shape index (κ1) is 69.3. The van der Waals surface area contributed by atoms with Crippen LogP contribution in [0.25, 0.3) is 44.3 Å². The molecule has 3 aliphatic heterocycles. The number of hydrogen-bond acceptors (Lipinski definition) is 2. The fourth-order valence-corrected chi connectivity index (χ4v) is 11.8. The van der Waals surface area contributed by atoms with E-state index in [1.807, 2.05) is 0 Å². The molecule has 0 saturated carbocycles. The van der Waals surface area contributed by atoms with E-state index in [0.29, 0.717) is 66.8 Å². The van der Waals surface area contributed by atoms with Crippen molar-refractivity contribution in [2.75, 3.05) is 0 Å². The van der Waals surface area contributed by atoms with Crippen LogP contribution in [0.3, 0.4) is 0 Å². The molecule has 14 bridgehead atoms. The van der Waals surface area contributed by atoms with E-state index in [4.69, 9.17) is 0 Å². The van der Waals surface area contributed by atoms with Gasteiger partial charge in [-0.1, -0.05) is 23.2 Å². The number of nitrogens with zero attached hydrogens (tertiary/aromatic N) is 4. The van der Waals surface area contributed by atoms with Crippen molar-refractivity contribution in [1.29, 1.82) is 0 Å². The number of fused-ring (bicyclic) bond motifs is 11. The second kappa shape index (κ2) is 24.3. The normalized spacial score (nSPS) is 14.0. The Morgan fingerprint density at radius 2 is 0.608 bits per heavy atom. The number of hydrogen-bond donors (Lipinski definition) is 2. The number of H-pyrrole nitrogens is 2. The number of halogens is 29. The van der Waals surface area contributed by atoms with Gasteiger partial charge in [0.15, 0.2) is 140 Å². The van der Waals surface area contributed by atoms with E-state index in [1.54, 1.807) is 0 Å². The zero-order valence-corrected chi connectivity index (χ0v) is 49.5. The number of rotatable bonds is 5. The summed E-state index contributed by atoms with van der Waals surface area (Å²) in [7, 11) is 0. The van der Waals surface area contributed by atoms with Gasteiger partial charge in [-0.3, -0.25) is 4.99 Å². The maximum Gasteiger partial charge on any atom is 2.00 e. The van der Waals surface area contributed by atoms with Gasteiger partial charge in [-0.2, -0.15) is 6.07 Å². The Morgan fingerprint density at radius 3 is 1.02 bits per heavy atom. The first-order valence-corrected chi connectivity index (χ1v) is 27.4. The Kier molecular flexibility index (Phi) is 16.5. The summed E-state index contributed by atoms with van der Waals surface area (Å²) < 4.78 is 460. The van der Waals surface area contributed by atoms with Crippen LogP contribution < -0.4 is 21.0 Å². The van der Waals surface area contributed by atoms with Gasteiger partial charge in [0.05, 0.1) is 50.4 Å². The molecule has 2 N–H and O–H groups in total. The Labute approximate surface area is 556 Å². The number of benzene rings is 6. The molecule has 8 heterocycles. The van der Waals surface area contributed by atoms with Gasteiger partial charge in [0.2, 0.25) is 29.1 Å². The summed E-state index contributed by atoms with van der Waals surface area (Å²) in [5.74, 6) is -81.9. The maximum absolute atomic E-state index is 16.9. The Bertz CT molecular complexity index is 6000. The standard InChI is InChI=1S/C66H13F29N6.Pd/c67-37-31(38(68)49(79)59(89)48(37)78)25-13-1-2-14(96-13)26(32-39(69)50(80)60(90)51(81)40(32)70)16-4-6-18(98-16)28(34-43(73)54(84)62(92)55(85)44(34)74)20-8-10-22(100-20)30-24-12-11-23(101(24)66-36(30)47(77)58(88)64(94)65(66)95)29(35-45(75)56(86)63(93)57(87)46(35)76)21-9-7-19(99-21)27(17-5-3-15(25)97-17)33-41(71)52(82)61(91)53(83)42(33)72;/h1-11,97,99H;/q-2;+2. The van der Waals surface area contributed by atoms with E-state index < -0.39 is 308 Å². The summed E-state index contributed by atoms with van der Waals surface area (Å²) in [6, 6.07) is 5.00. The number of aliphatic imine (C=N–C) groups is 2. The van der Waals surface area contributed by atoms with E-state index in [-0.39, 0.29) is 24.8 Å². The summed E-state index contributed by atoms with van der Waals surface area (Å²) in [6.07, 6.45) is 1.76. The van der Waals surface area contributed by atoms with Gasteiger partial charge in [-0.05, 0) is 76.0 Å². The summed E-state index contributed by atoms with van der Waals surface area (Å²) in [5, 5.41) is -5.50. The van der Waals surface area contributed by atoms with Crippen molar-refractivity contribution in [2.24, 2.45) is 9.98 Å². The predicted octanol–water partition coefficient (Wildman–Crippen LogP) is 15.6. The third-order valence-corrected chi connectivity index (χ3v) is 16.2. The zero-order chi connectivity index (χ0) is 72.8. The van der Waals surface area contributed by atoms with Crippen LogP contribution in [0.15, 0.2) is 88.1 Å². The summed E-state index contributed by atoms with van der Waals surface area (Å²) in [4.78, 5) is 16.1. The minimum absolute atomic E-state index is 0. The van der Waals surface area contributed by atoms with Gasteiger partial charge in [0.1, 0.15) is 0 Å². The summed E-state index contributed by atoms with van der Waals surface area (Å²) in [6.45, 7) is 0. The molecule has 6 aromatic carbocycles. The molecule has 0 aliphatic carbocycles. The second-order valence-corrected chi connectivity index (χ2v) is 21.5. The van der Waals surface area contributed by atoms with Crippen LogP contribution in [0.4, 0.5) is 127 Å². The molecule has 0 saturated heterocycles. The number of allylic oxidation sites excluding steroid dienone is 4. The molecule has 0 fully saturated rings. The molecule has 0 spiro atoms. The average molecular weight is 1550 g/mol. The number of nitrogens with one attached hydrogen (secondary N) is 2. The van der Waals surface area contributed by atoms with Crippen molar-refractivity contribution in [1.82, 2.24) is 19.4 Å². The van der Waals surface area contributed by atoms with E-state index >= 15 is 105 Å². The second-order valence-electron chi connectivity index (χ2n) is 21.5. The first-order chi connectivity index (χ1) is 47.7. The molecule has 102 heavy (non-hydrogen) atoms. The molecule has 11 aromatic rings. The van der Waals surface area contributed by atoms with Crippen LogP contribution in [0.5, 0.6) is 0 Å². The van der Waals surface area contributed by atoms with Crippen molar-refractivity contribution >= 4 is 55.7 Å². The molecule has 0 amide bonds. The SMILES string of the molecule is Fc1c(F)c(F)c(C2=C3C=CC(=N3)C(c3c(F)c(F)c(F)c(F)c3F)=c3ccc([nH]3)=C(c3c(F)c(F)c(F)c(F)c3F)c3ccc([nH]3)C(c3c(F)c(F)c(F)c(F)c3F)=c3c[c-]c4c(c5c(F)c(F)c(F)c(F)c5n34)C3=NC(=C(c4c(F)c(F)c(F)c(F)c4F)c4ccc2[n-]4)C=C3)c(F)c1F.[Pd+2]. The Morgan fingerprint density at radius 1 is 0.294 bits per heavy atom. The fourth-order valence-electron chi connectivity index (χ4n) is 11.8. The van der Waals surface area contributed by atoms with E-state index in [0.717, 1.165) is 0 Å². The van der Waals surface area contributed by atoms with Crippen LogP contribution in [0.2, 0.25) is 0 Å². The Hall–Kier alpha value is -11.1. The van der Waals surface area contributed by atoms with Crippen molar-refractivity contribution in [3.05, 3.63) is 325 Å².